The van der Waals surface area contributed by atoms with Crippen molar-refractivity contribution < 1.29 is 0 Å². The standard InChI is InChI=1S/C53H37N5/c54-34-36-27-29-37(30-28-36)35-56-52(57-51(55)40-18-14-17-39(33-40)38-15-4-1-5-16-38)58-48-26-13-11-23-43(48)44-31-32-47-49(50(44)58)45-24-10-12-25-46(45)53(47,41-19-6-2-7-20-41)42-21-8-3-9-22-42/h1-33,35,52H,(H2,55,57). The Labute approximate surface area is 337 Å². The van der Waals surface area contributed by atoms with Gasteiger partial charge in [0, 0.05) is 28.1 Å². The lowest BCUT2D eigenvalue weighted by molar-refractivity contribution is 0.588. The summed E-state index contributed by atoms with van der Waals surface area (Å²) in [6.07, 6.45) is 1.04. The van der Waals surface area contributed by atoms with Crippen molar-refractivity contribution in [3.8, 4) is 28.3 Å². The molecule has 1 aromatic heterocycles. The van der Waals surface area contributed by atoms with Crippen LogP contribution in [-0.2, 0) is 5.41 Å². The Morgan fingerprint density at radius 2 is 1.24 bits per heavy atom. The van der Waals surface area contributed by atoms with Crippen LogP contribution < -0.4 is 5.73 Å². The van der Waals surface area contributed by atoms with Crippen LogP contribution in [0.3, 0.4) is 0 Å². The lowest BCUT2D eigenvalue weighted by Crippen LogP contribution is -2.28. The van der Waals surface area contributed by atoms with E-state index in [-0.39, 0.29) is 0 Å². The molecule has 9 aromatic rings. The van der Waals surface area contributed by atoms with Crippen LogP contribution in [0.4, 0.5) is 0 Å². The zero-order valence-corrected chi connectivity index (χ0v) is 31.6. The van der Waals surface area contributed by atoms with E-state index in [0.29, 0.717) is 11.4 Å². The highest BCUT2D eigenvalue weighted by molar-refractivity contribution is 6.15. The number of fused-ring (bicyclic) bond motifs is 7. The van der Waals surface area contributed by atoms with Gasteiger partial charge in [-0.3, -0.25) is 4.57 Å². The van der Waals surface area contributed by atoms with E-state index in [1.807, 2.05) is 48.7 Å². The zero-order chi connectivity index (χ0) is 39.1. The summed E-state index contributed by atoms with van der Waals surface area (Å²) < 4.78 is 2.26. The molecule has 1 unspecified atom stereocenters. The number of aliphatic imine (C=N–C) groups is 2. The molecule has 0 radical (unpaired) electrons. The van der Waals surface area contributed by atoms with Gasteiger partial charge in [-0.2, -0.15) is 5.26 Å². The Kier molecular flexibility index (Phi) is 8.58. The molecule has 2 N–H and O–H groups in total. The third-order valence-corrected chi connectivity index (χ3v) is 11.4. The van der Waals surface area contributed by atoms with Gasteiger partial charge in [-0.25, -0.2) is 9.98 Å². The first kappa shape index (κ1) is 34.7. The van der Waals surface area contributed by atoms with E-state index in [2.05, 4.69) is 156 Å². The molecular formula is C53H37N5. The highest BCUT2D eigenvalue weighted by Crippen LogP contribution is 2.58. The minimum Gasteiger partial charge on any atom is -0.383 e. The number of aromatic nitrogens is 1. The highest BCUT2D eigenvalue weighted by Gasteiger charge is 2.47. The second kappa shape index (κ2) is 14.4. The number of para-hydroxylation sites is 1. The van der Waals surface area contributed by atoms with Crippen molar-refractivity contribution in [2.75, 3.05) is 0 Å². The van der Waals surface area contributed by atoms with Gasteiger partial charge in [-0.15, -0.1) is 0 Å². The summed E-state index contributed by atoms with van der Waals surface area (Å²) in [5, 5.41) is 11.7. The van der Waals surface area contributed by atoms with E-state index in [4.69, 9.17) is 15.7 Å². The van der Waals surface area contributed by atoms with Crippen molar-refractivity contribution in [2.24, 2.45) is 15.7 Å². The molecule has 0 saturated carbocycles. The second-order valence-corrected chi connectivity index (χ2v) is 14.6. The van der Waals surface area contributed by atoms with Crippen molar-refractivity contribution in [1.82, 2.24) is 4.57 Å². The normalized spacial score (nSPS) is 13.7. The quantitative estimate of drug-likeness (QED) is 0.124. The Balaban J connectivity index is 1.27. The van der Waals surface area contributed by atoms with Crippen LogP contribution in [0, 0.1) is 11.3 Å². The third kappa shape index (κ3) is 5.62. The molecule has 5 heteroatoms. The smallest absolute Gasteiger partial charge is 0.222 e. The summed E-state index contributed by atoms with van der Waals surface area (Å²) >= 11 is 0. The first-order valence-corrected chi connectivity index (χ1v) is 19.4. The monoisotopic (exact) mass is 743 g/mol. The van der Waals surface area contributed by atoms with Gasteiger partial charge >= 0.3 is 0 Å². The number of nitriles is 1. The molecule has 58 heavy (non-hydrogen) atoms. The molecular weight excluding hydrogens is 707 g/mol. The van der Waals surface area contributed by atoms with Crippen LogP contribution in [-0.4, -0.2) is 16.6 Å². The van der Waals surface area contributed by atoms with Gasteiger partial charge in [0.2, 0.25) is 6.29 Å². The molecule has 1 aliphatic carbocycles. The molecule has 10 rings (SSSR count). The minimum atomic E-state index is -0.791. The maximum atomic E-state index is 9.48. The SMILES string of the molecule is N#Cc1ccc(C=NC(N=C(N)c2cccc(-c3ccccc3)c2)n2c3ccccc3c3ccc4c(c32)-c2ccccc2C4(c2ccccc2)c2ccccc2)cc1. The Morgan fingerprint density at radius 1 is 0.603 bits per heavy atom. The zero-order valence-electron chi connectivity index (χ0n) is 31.6. The topological polar surface area (TPSA) is 79.5 Å². The molecule has 1 atom stereocenters. The van der Waals surface area contributed by atoms with Gasteiger partial charge in [0.05, 0.1) is 28.1 Å². The van der Waals surface area contributed by atoms with E-state index in [9.17, 15) is 5.26 Å². The number of nitrogens with two attached hydrogens (primary N) is 1. The summed E-state index contributed by atoms with van der Waals surface area (Å²) in [7, 11) is 0. The summed E-state index contributed by atoms with van der Waals surface area (Å²) in [5.74, 6) is 0.376. The number of amidine groups is 1. The van der Waals surface area contributed by atoms with Crippen molar-refractivity contribution in [2.45, 2.75) is 11.7 Å². The molecule has 1 aliphatic rings. The van der Waals surface area contributed by atoms with Crippen molar-refractivity contribution in [3.63, 3.8) is 0 Å². The largest absolute Gasteiger partial charge is 0.383 e. The van der Waals surface area contributed by atoms with Gasteiger partial charge in [0.1, 0.15) is 5.84 Å². The number of rotatable bonds is 8. The lowest BCUT2D eigenvalue weighted by Gasteiger charge is -2.33. The highest BCUT2D eigenvalue weighted by atomic mass is 15.3. The van der Waals surface area contributed by atoms with E-state index in [1.165, 1.54) is 27.8 Å². The molecule has 0 bridgehead atoms. The Bertz CT molecular complexity index is 3020. The van der Waals surface area contributed by atoms with Crippen LogP contribution in [0.1, 0.15) is 45.2 Å². The molecule has 0 amide bonds. The van der Waals surface area contributed by atoms with Gasteiger partial charge in [-0.1, -0.05) is 176 Å². The molecule has 1 heterocycles. The first-order valence-electron chi connectivity index (χ1n) is 19.4. The van der Waals surface area contributed by atoms with Crippen LogP contribution in [0.5, 0.6) is 0 Å². The van der Waals surface area contributed by atoms with E-state index in [0.717, 1.165) is 49.6 Å². The van der Waals surface area contributed by atoms with Gasteiger partial charge in [-0.05, 0) is 68.8 Å². The van der Waals surface area contributed by atoms with Gasteiger partial charge in [0.25, 0.3) is 0 Å². The van der Waals surface area contributed by atoms with Crippen molar-refractivity contribution in [1.29, 1.82) is 5.26 Å². The van der Waals surface area contributed by atoms with Crippen LogP contribution in [0.15, 0.2) is 210 Å². The van der Waals surface area contributed by atoms with Crippen molar-refractivity contribution in [3.05, 3.63) is 239 Å². The summed E-state index contributed by atoms with van der Waals surface area (Å²) in [6, 6.07) is 71.7. The predicted molar refractivity (Wildman–Crippen MR) is 237 cm³/mol. The molecule has 0 saturated heterocycles. The summed E-state index contributed by atoms with van der Waals surface area (Å²) in [6.45, 7) is 0. The second-order valence-electron chi connectivity index (χ2n) is 14.6. The fourth-order valence-electron chi connectivity index (χ4n) is 8.90. The molecule has 8 aromatic carbocycles. The average molecular weight is 744 g/mol. The molecule has 5 nitrogen and oxygen atoms in total. The minimum absolute atomic E-state index is 0.376. The van der Waals surface area contributed by atoms with Crippen LogP contribution in [0.25, 0.3) is 44.1 Å². The van der Waals surface area contributed by atoms with E-state index in [1.54, 1.807) is 12.1 Å². The third-order valence-electron chi connectivity index (χ3n) is 11.4. The number of benzene rings is 8. The van der Waals surface area contributed by atoms with E-state index < -0.39 is 11.7 Å². The molecule has 0 fully saturated rings. The van der Waals surface area contributed by atoms with Crippen LogP contribution >= 0.6 is 0 Å². The lowest BCUT2D eigenvalue weighted by atomic mass is 9.67. The fourth-order valence-corrected chi connectivity index (χ4v) is 8.90. The summed E-state index contributed by atoms with van der Waals surface area (Å²) in [5.41, 5.74) is 20.1. The first-order chi connectivity index (χ1) is 28.6. The Hall–Kier alpha value is -7.81. The summed E-state index contributed by atoms with van der Waals surface area (Å²) in [4.78, 5) is 10.6. The van der Waals surface area contributed by atoms with Crippen LogP contribution in [0.2, 0.25) is 0 Å². The average Bonchev–Trinajstić information content (AvgIpc) is 3.80. The number of hydrogen-bond donors (Lipinski definition) is 1. The number of nitrogens with zero attached hydrogens (tertiary/aromatic N) is 4. The van der Waals surface area contributed by atoms with Gasteiger partial charge in [0.15, 0.2) is 0 Å². The predicted octanol–water partition coefficient (Wildman–Crippen LogP) is 11.7. The van der Waals surface area contributed by atoms with E-state index >= 15 is 0 Å². The maximum Gasteiger partial charge on any atom is 0.222 e. The maximum absolute atomic E-state index is 9.48. The number of hydrogen-bond acceptors (Lipinski definition) is 3. The Morgan fingerprint density at radius 3 is 1.97 bits per heavy atom. The fraction of sp³-hybridized carbons (Fsp3) is 0.0377. The molecule has 274 valence electrons. The molecule has 0 spiro atoms. The molecule has 0 aliphatic heterocycles. The van der Waals surface area contributed by atoms with Gasteiger partial charge < -0.3 is 5.73 Å². The van der Waals surface area contributed by atoms with Crippen molar-refractivity contribution >= 4 is 33.9 Å².